The van der Waals surface area contributed by atoms with Crippen LogP contribution < -0.4 is 0 Å². The molecular formula is C10H12O. The number of allylic oxidation sites excluding steroid dienone is 1. The van der Waals surface area contributed by atoms with E-state index in [2.05, 4.69) is 6.58 Å². The van der Waals surface area contributed by atoms with Crippen molar-refractivity contribution in [2.24, 2.45) is 0 Å². The van der Waals surface area contributed by atoms with Crippen LogP contribution >= 0.6 is 0 Å². The second kappa shape index (κ2) is 3.81. The first-order valence-electron chi connectivity index (χ1n) is 3.72. The lowest BCUT2D eigenvalue weighted by Gasteiger charge is -2.00. The van der Waals surface area contributed by atoms with Gasteiger partial charge in [0.15, 0.2) is 0 Å². The van der Waals surface area contributed by atoms with Crippen molar-refractivity contribution in [2.45, 2.75) is 12.8 Å². The summed E-state index contributed by atoms with van der Waals surface area (Å²) < 4.78 is 0. The largest absolute Gasteiger partial charge is 0.508 e. The topological polar surface area (TPSA) is 20.2 Å². The Morgan fingerprint density at radius 2 is 2.09 bits per heavy atom. The summed E-state index contributed by atoms with van der Waals surface area (Å²) >= 11 is 0. The number of phenols is 1. The maximum absolute atomic E-state index is 9.30. The third-order valence-corrected chi connectivity index (χ3v) is 1.61. The van der Waals surface area contributed by atoms with E-state index < -0.39 is 0 Å². The van der Waals surface area contributed by atoms with Crippen LogP contribution in [0.3, 0.4) is 0 Å². The monoisotopic (exact) mass is 148 g/mol. The van der Waals surface area contributed by atoms with Gasteiger partial charge in [0.05, 0.1) is 0 Å². The predicted molar refractivity (Wildman–Crippen MR) is 46.6 cm³/mol. The third-order valence-electron chi connectivity index (χ3n) is 1.61. The summed E-state index contributed by atoms with van der Waals surface area (Å²) in [5.41, 5.74) is 0.993. The Kier molecular flexibility index (Phi) is 2.73. The van der Waals surface area contributed by atoms with Crippen LogP contribution in [0.2, 0.25) is 0 Å². The molecule has 0 aliphatic rings. The minimum atomic E-state index is 0.384. The second-order valence-corrected chi connectivity index (χ2v) is 2.46. The lowest BCUT2D eigenvalue weighted by molar-refractivity contribution is 0.468. The number of aryl methyl sites for hydroxylation is 1. The van der Waals surface area contributed by atoms with Crippen molar-refractivity contribution in [2.75, 3.05) is 0 Å². The molecule has 0 atom stereocenters. The van der Waals surface area contributed by atoms with Gasteiger partial charge in [-0.3, -0.25) is 0 Å². The molecule has 0 radical (unpaired) electrons. The van der Waals surface area contributed by atoms with Gasteiger partial charge in [-0.25, -0.2) is 0 Å². The molecule has 11 heavy (non-hydrogen) atoms. The van der Waals surface area contributed by atoms with Gasteiger partial charge in [-0.2, -0.15) is 0 Å². The van der Waals surface area contributed by atoms with E-state index >= 15 is 0 Å². The summed E-state index contributed by atoms with van der Waals surface area (Å²) in [6.07, 6.45) is 3.64. The van der Waals surface area contributed by atoms with Gasteiger partial charge in [0, 0.05) is 0 Å². The van der Waals surface area contributed by atoms with Gasteiger partial charge in [-0.05, 0) is 24.5 Å². The molecule has 0 unspecified atom stereocenters. The molecule has 0 heterocycles. The molecule has 0 bridgehead atoms. The molecule has 1 rings (SSSR count). The van der Waals surface area contributed by atoms with Crippen LogP contribution in [-0.4, -0.2) is 5.11 Å². The molecule has 1 heteroatoms. The van der Waals surface area contributed by atoms with Crippen LogP contribution in [0.15, 0.2) is 36.9 Å². The first kappa shape index (κ1) is 7.86. The molecule has 0 amide bonds. The molecule has 0 spiro atoms. The highest BCUT2D eigenvalue weighted by atomic mass is 16.3. The first-order valence-corrected chi connectivity index (χ1v) is 3.72. The molecular weight excluding hydrogens is 136 g/mol. The van der Waals surface area contributed by atoms with Crippen molar-refractivity contribution in [1.29, 1.82) is 0 Å². The van der Waals surface area contributed by atoms with Gasteiger partial charge in [-0.1, -0.05) is 24.3 Å². The summed E-state index contributed by atoms with van der Waals surface area (Å²) in [5, 5.41) is 9.30. The van der Waals surface area contributed by atoms with E-state index in [0.717, 1.165) is 18.4 Å². The standard InChI is InChI=1S/C10H12O/c1-2-3-6-9-7-4-5-8-10(9)11/h2,4-5,7-8,11H,1,3,6H2. The van der Waals surface area contributed by atoms with E-state index in [9.17, 15) is 5.11 Å². The molecule has 0 aliphatic carbocycles. The number of aromatic hydroxyl groups is 1. The number of hydrogen-bond acceptors (Lipinski definition) is 1. The van der Waals surface area contributed by atoms with Gasteiger partial charge >= 0.3 is 0 Å². The molecule has 0 saturated carbocycles. The summed E-state index contributed by atoms with van der Waals surface area (Å²) in [6, 6.07) is 7.39. The highest BCUT2D eigenvalue weighted by Gasteiger charge is 1.95. The molecule has 1 aromatic carbocycles. The Balaban J connectivity index is 2.69. The van der Waals surface area contributed by atoms with Crippen molar-refractivity contribution in [3.05, 3.63) is 42.5 Å². The molecule has 0 aliphatic heterocycles. The lowest BCUT2D eigenvalue weighted by atomic mass is 10.1. The number of para-hydroxylation sites is 1. The minimum Gasteiger partial charge on any atom is -0.508 e. The zero-order valence-electron chi connectivity index (χ0n) is 6.46. The Morgan fingerprint density at radius 3 is 2.73 bits per heavy atom. The molecule has 0 fully saturated rings. The number of rotatable bonds is 3. The number of hydrogen-bond donors (Lipinski definition) is 1. The molecule has 1 N–H and O–H groups in total. The smallest absolute Gasteiger partial charge is 0.118 e. The normalized spacial score (nSPS) is 9.45. The van der Waals surface area contributed by atoms with Crippen LogP contribution in [0.25, 0.3) is 0 Å². The zero-order chi connectivity index (χ0) is 8.10. The molecule has 0 saturated heterocycles. The second-order valence-electron chi connectivity index (χ2n) is 2.46. The SMILES string of the molecule is C=CCCc1ccccc1O. The third kappa shape index (κ3) is 2.11. The van der Waals surface area contributed by atoms with Gasteiger partial charge in [0.1, 0.15) is 5.75 Å². The predicted octanol–water partition coefficient (Wildman–Crippen LogP) is 2.51. The van der Waals surface area contributed by atoms with Crippen LogP contribution in [0.1, 0.15) is 12.0 Å². The van der Waals surface area contributed by atoms with Crippen LogP contribution in [0.5, 0.6) is 5.75 Å². The lowest BCUT2D eigenvalue weighted by Crippen LogP contribution is -1.82. The van der Waals surface area contributed by atoms with E-state index in [1.54, 1.807) is 6.07 Å². The van der Waals surface area contributed by atoms with Gasteiger partial charge in [0.2, 0.25) is 0 Å². The molecule has 58 valence electrons. The van der Waals surface area contributed by atoms with Crippen molar-refractivity contribution >= 4 is 0 Å². The van der Waals surface area contributed by atoms with E-state index in [4.69, 9.17) is 0 Å². The van der Waals surface area contributed by atoms with Crippen LogP contribution in [0.4, 0.5) is 0 Å². The highest BCUT2D eigenvalue weighted by Crippen LogP contribution is 2.16. The Bertz CT molecular complexity index is 240. The van der Waals surface area contributed by atoms with Crippen LogP contribution in [-0.2, 0) is 6.42 Å². The first-order chi connectivity index (χ1) is 5.34. The number of benzene rings is 1. The fraction of sp³-hybridized carbons (Fsp3) is 0.200. The summed E-state index contributed by atoms with van der Waals surface area (Å²) in [7, 11) is 0. The Labute approximate surface area is 67.0 Å². The molecule has 1 nitrogen and oxygen atoms in total. The van der Waals surface area contributed by atoms with Crippen molar-refractivity contribution in [3.8, 4) is 5.75 Å². The average Bonchev–Trinajstić information content (AvgIpc) is 2.03. The van der Waals surface area contributed by atoms with E-state index in [0.29, 0.717) is 5.75 Å². The van der Waals surface area contributed by atoms with E-state index in [1.165, 1.54) is 0 Å². The molecule has 1 aromatic rings. The van der Waals surface area contributed by atoms with Crippen LogP contribution in [0, 0.1) is 0 Å². The minimum absolute atomic E-state index is 0.384. The van der Waals surface area contributed by atoms with Crippen molar-refractivity contribution in [1.82, 2.24) is 0 Å². The Morgan fingerprint density at radius 1 is 1.36 bits per heavy atom. The summed E-state index contributed by atoms with van der Waals surface area (Å²) in [4.78, 5) is 0. The average molecular weight is 148 g/mol. The fourth-order valence-electron chi connectivity index (χ4n) is 0.980. The van der Waals surface area contributed by atoms with Crippen molar-refractivity contribution < 1.29 is 5.11 Å². The van der Waals surface area contributed by atoms with Gasteiger partial charge in [0.25, 0.3) is 0 Å². The quantitative estimate of drug-likeness (QED) is 0.653. The van der Waals surface area contributed by atoms with E-state index in [-0.39, 0.29) is 0 Å². The van der Waals surface area contributed by atoms with Gasteiger partial charge in [-0.15, -0.1) is 6.58 Å². The summed E-state index contributed by atoms with van der Waals surface area (Å²) in [6.45, 7) is 3.62. The van der Waals surface area contributed by atoms with Gasteiger partial charge < -0.3 is 5.11 Å². The molecule has 0 aromatic heterocycles. The van der Waals surface area contributed by atoms with Crippen molar-refractivity contribution in [3.63, 3.8) is 0 Å². The highest BCUT2D eigenvalue weighted by molar-refractivity contribution is 5.31. The maximum atomic E-state index is 9.30. The fourth-order valence-corrected chi connectivity index (χ4v) is 0.980. The zero-order valence-corrected chi connectivity index (χ0v) is 6.46. The number of phenolic OH excluding ortho intramolecular Hbond substituents is 1. The Hall–Kier alpha value is -1.24. The van der Waals surface area contributed by atoms with E-state index in [1.807, 2.05) is 24.3 Å². The summed E-state index contributed by atoms with van der Waals surface area (Å²) in [5.74, 6) is 0.384. The maximum Gasteiger partial charge on any atom is 0.118 e.